The van der Waals surface area contributed by atoms with E-state index in [1.54, 1.807) is 17.5 Å². The van der Waals surface area contributed by atoms with Gasteiger partial charge in [0.1, 0.15) is 0 Å². The summed E-state index contributed by atoms with van der Waals surface area (Å²) >= 11 is 1.72. The molecule has 1 unspecified atom stereocenters. The minimum Gasteiger partial charge on any atom is -0.321 e. The SMILES string of the molecule is CCCCC(CC)Cn1c(C)csc1=Nc1cccnc1. The molecule has 0 saturated heterocycles. The average molecular weight is 303 g/mol. The van der Waals surface area contributed by atoms with Gasteiger partial charge in [0.05, 0.1) is 11.9 Å². The number of pyridine rings is 1. The first-order valence-electron chi connectivity index (χ1n) is 7.84. The maximum atomic E-state index is 4.75. The van der Waals surface area contributed by atoms with Gasteiger partial charge in [-0.1, -0.05) is 33.1 Å². The van der Waals surface area contributed by atoms with Crippen LogP contribution in [-0.4, -0.2) is 9.55 Å². The van der Waals surface area contributed by atoms with Gasteiger partial charge in [0.15, 0.2) is 4.80 Å². The molecule has 0 spiro atoms. The molecule has 0 radical (unpaired) electrons. The zero-order chi connectivity index (χ0) is 15.1. The number of hydrogen-bond donors (Lipinski definition) is 0. The summed E-state index contributed by atoms with van der Waals surface area (Å²) in [5.41, 5.74) is 2.23. The van der Waals surface area contributed by atoms with Crippen molar-refractivity contribution >= 4 is 17.0 Å². The lowest BCUT2D eigenvalue weighted by molar-refractivity contribution is 0.383. The first-order chi connectivity index (χ1) is 10.2. The molecule has 21 heavy (non-hydrogen) atoms. The Bertz CT molecular complexity index is 598. The van der Waals surface area contributed by atoms with Crippen LogP contribution in [0.3, 0.4) is 0 Å². The van der Waals surface area contributed by atoms with Gasteiger partial charge in [-0.15, -0.1) is 11.3 Å². The van der Waals surface area contributed by atoms with Gasteiger partial charge in [-0.2, -0.15) is 0 Å². The zero-order valence-electron chi connectivity index (χ0n) is 13.2. The second-order valence-electron chi connectivity index (χ2n) is 5.51. The fraction of sp³-hybridized carbons (Fsp3) is 0.529. The van der Waals surface area contributed by atoms with Crippen LogP contribution in [0.2, 0.25) is 0 Å². The van der Waals surface area contributed by atoms with Crippen molar-refractivity contribution in [3.8, 4) is 0 Å². The first kappa shape index (κ1) is 16.0. The van der Waals surface area contributed by atoms with E-state index in [1.807, 2.05) is 18.3 Å². The topological polar surface area (TPSA) is 30.2 Å². The summed E-state index contributed by atoms with van der Waals surface area (Å²) < 4.78 is 2.36. The normalized spacial score (nSPS) is 13.6. The lowest BCUT2D eigenvalue weighted by Gasteiger charge is -2.16. The summed E-state index contributed by atoms with van der Waals surface area (Å²) in [6, 6.07) is 3.93. The molecule has 2 heterocycles. The van der Waals surface area contributed by atoms with E-state index in [0.29, 0.717) is 0 Å². The van der Waals surface area contributed by atoms with Crippen LogP contribution < -0.4 is 4.80 Å². The Hall–Kier alpha value is -1.42. The molecular formula is C17H25N3S. The van der Waals surface area contributed by atoms with Crippen molar-refractivity contribution in [3.63, 3.8) is 0 Å². The predicted molar refractivity (Wildman–Crippen MR) is 89.8 cm³/mol. The third kappa shape index (κ3) is 4.53. The maximum absolute atomic E-state index is 4.75. The zero-order valence-corrected chi connectivity index (χ0v) is 14.1. The Labute approximate surface area is 131 Å². The van der Waals surface area contributed by atoms with Gasteiger partial charge in [-0.3, -0.25) is 4.98 Å². The average Bonchev–Trinajstić information content (AvgIpc) is 2.85. The number of aryl methyl sites for hydroxylation is 1. The van der Waals surface area contributed by atoms with E-state index in [2.05, 4.69) is 35.7 Å². The quantitative estimate of drug-likeness (QED) is 0.729. The lowest BCUT2D eigenvalue weighted by atomic mass is 9.99. The van der Waals surface area contributed by atoms with Crippen molar-refractivity contribution in [2.75, 3.05) is 0 Å². The van der Waals surface area contributed by atoms with Crippen molar-refractivity contribution < 1.29 is 0 Å². The molecule has 2 aromatic heterocycles. The van der Waals surface area contributed by atoms with Crippen LogP contribution in [0.4, 0.5) is 5.69 Å². The smallest absolute Gasteiger partial charge is 0.190 e. The molecule has 0 aliphatic carbocycles. The van der Waals surface area contributed by atoms with Crippen LogP contribution in [0.1, 0.15) is 45.2 Å². The molecule has 0 aliphatic rings. The molecule has 3 nitrogen and oxygen atoms in total. The minimum atomic E-state index is 0.742. The minimum absolute atomic E-state index is 0.742. The number of unbranched alkanes of at least 4 members (excludes halogenated alkanes) is 1. The highest BCUT2D eigenvalue weighted by Gasteiger charge is 2.10. The Morgan fingerprint density at radius 3 is 2.90 bits per heavy atom. The second kappa shape index (κ2) is 8.13. The highest BCUT2D eigenvalue weighted by molar-refractivity contribution is 7.07. The van der Waals surface area contributed by atoms with Gasteiger partial charge >= 0.3 is 0 Å². The number of thiazole rings is 1. The predicted octanol–water partition coefficient (Wildman–Crippen LogP) is 4.70. The van der Waals surface area contributed by atoms with Crippen molar-refractivity contribution in [1.29, 1.82) is 0 Å². The van der Waals surface area contributed by atoms with E-state index in [1.165, 1.54) is 31.4 Å². The van der Waals surface area contributed by atoms with Crippen LogP contribution in [0.5, 0.6) is 0 Å². The summed E-state index contributed by atoms with van der Waals surface area (Å²) in [5.74, 6) is 0.742. The summed E-state index contributed by atoms with van der Waals surface area (Å²) in [4.78, 5) is 9.96. The molecule has 1 atom stereocenters. The van der Waals surface area contributed by atoms with E-state index < -0.39 is 0 Å². The standard InChI is InChI=1S/C17H25N3S/c1-4-6-8-15(5-2)12-20-14(3)13-21-17(20)19-16-9-7-10-18-11-16/h7,9-11,13,15H,4-6,8,12H2,1-3H3. The Morgan fingerprint density at radius 2 is 2.24 bits per heavy atom. The van der Waals surface area contributed by atoms with Crippen molar-refractivity contribution in [2.24, 2.45) is 10.9 Å². The van der Waals surface area contributed by atoms with E-state index in [4.69, 9.17) is 4.99 Å². The number of nitrogens with zero attached hydrogens (tertiary/aromatic N) is 3. The molecular weight excluding hydrogens is 278 g/mol. The van der Waals surface area contributed by atoms with Crippen LogP contribution in [0.15, 0.2) is 34.9 Å². The van der Waals surface area contributed by atoms with Gasteiger partial charge in [0.2, 0.25) is 0 Å². The highest BCUT2D eigenvalue weighted by Crippen LogP contribution is 2.16. The Morgan fingerprint density at radius 1 is 1.38 bits per heavy atom. The van der Waals surface area contributed by atoms with Crippen molar-refractivity contribution in [3.05, 3.63) is 40.4 Å². The molecule has 0 aliphatic heterocycles. The molecule has 0 fully saturated rings. The summed E-state index contributed by atoms with van der Waals surface area (Å²) in [5, 5.41) is 2.20. The summed E-state index contributed by atoms with van der Waals surface area (Å²) in [6.07, 6.45) is 8.72. The molecule has 0 bridgehead atoms. The Kier molecular flexibility index (Phi) is 6.18. The van der Waals surface area contributed by atoms with Gasteiger partial charge < -0.3 is 4.57 Å². The van der Waals surface area contributed by atoms with E-state index in [9.17, 15) is 0 Å². The van der Waals surface area contributed by atoms with Gasteiger partial charge in [-0.25, -0.2) is 4.99 Å². The van der Waals surface area contributed by atoms with E-state index in [0.717, 1.165) is 23.0 Å². The first-order valence-corrected chi connectivity index (χ1v) is 8.72. The molecule has 0 aromatic carbocycles. The fourth-order valence-electron chi connectivity index (χ4n) is 2.43. The van der Waals surface area contributed by atoms with E-state index in [-0.39, 0.29) is 0 Å². The summed E-state index contributed by atoms with van der Waals surface area (Å²) in [6.45, 7) is 7.80. The van der Waals surface area contributed by atoms with Gasteiger partial charge in [-0.05, 0) is 31.4 Å². The lowest BCUT2D eigenvalue weighted by Crippen LogP contribution is -2.21. The molecule has 2 rings (SSSR count). The van der Waals surface area contributed by atoms with Crippen LogP contribution in [0.25, 0.3) is 0 Å². The second-order valence-corrected chi connectivity index (χ2v) is 6.35. The largest absolute Gasteiger partial charge is 0.321 e. The van der Waals surface area contributed by atoms with Crippen molar-refractivity contribution in [1.82, 2.24) is 9.55 Å². The molecule has 4 heteroatoms. The fourth-order valence-corrected chi connectivity index (χ4v) is 3.34. The highest BCUT2D eigenvalue weighted by atomic mass is 32.1. The third-order valence-corrected chi connectivity index (χ3v) is 4.83. The van der Waals surface area contributed by atoms with Crippen molar-refractivity contribution in [2.45, 2.75) is 53.0 Å². The molecule has 0 saturated carbocycles. The molecule has 2 aromatic rings. The van der Waals surface area contributed by atoms with Crippen LogP contribution >= 0.6 is 11.3 Å². The molecule has 0 N–H and O–H groups in total. The number of hydrogen-bond acceptors (Lipinski definition) is 3. The monoisotopic (exact) mass is 303 g/mol. The van der Waals surface area contributed by atoms with E-state index >= 15 is 0 Å². The maximum Gasteiger partial charge on any atom is 0.190 e. The third-order valence-electron chi connectivity index (χ3n) is 3.85. The van der Waals surface area contributed by atoms with Crippen LogP contribution in [-0.2, 0) is 6.54 Å². The van der Waals surface area contributed by atoms with Gasteiger partial charge in [0, 0.05) is 23.8 Å². The van der Waals surface area contributed by atoms with Crippen LogP contribution in [0, 0.1) is 12.8 Å². The number of rotatable bonds is 7. The summed E-state index contributed by atoms with van der Waals surface area (Å²) in [7, 11) is 0. The molecule has 0 amide bonds. The molecule has 114 valence electrons. The Balaban J connectivity index is 2.24. The van der Waals surface area contributed by atoms with Gasteiger partial charge in [0.25, 0.3) is 0 Å². The number of aromatic nitrogens is 2.